The Morgan fingerprint density at radius 1 is 1.07 bits per heavy atom. The van der Waals surface area contributed by atoms with E-state index in [1.807, 2.05) is 18.2 Å². The number of esters is 1. The monoisotopic (exact) mass is 422 g/mol. The maximum Gasteiger partial charge on any atom is 0.337 e. The quantitative estimate of drug-likeness (QED) is 0.425. The number of furan rings is 1. The Morgan fingerprint density at radius 2 is 1.83 bits per heavy atom. The SMILES string of the molecule is COC(=O)c1ccc(C(=O)N(Cc2ccco2)c2nc3ccc(OC)cc3s2)cc1. The molecule has 0 N–H and O–H groups in total. The first-order valence-electron chi connectivity index (χ1n) is 9.06. The van der Waals surface area contributed by atoms with Gasteiger partial charge in [0.1, 0.15) is 11.5 Å². The molecule has 0 atom stereocenters. The molecule has 0 saturated heterocycles. The number of benzene rings is 2. The lowest BCUT2D eigenvalue weighted by Crippen LogP contribution is -2.30. The molecule has 0 unspecified atom stereocenters. The number of carbonyl (C=O) groups is 2. The molecule has 7 nitrogen and oxygen atoms in total. The zero-order valence-corrected chi connectivity index (χ0v) is 17.1. The lowest BCUT2D eigenvalue weighted by atomic mass is 10.1. The number of fused-ring (bicyclic) bond motifs is 1. The highest BCUT2D eigenvalue weighted by Crippen LogP contribution is 2.33. The predicted octanol–water partition coefficient (Wildman–Crippen LogP) is 4.53. The van der Waals surface area contributed by atoms with Crippen molar-refractivity contribution < 1.29 is 23.5 Å². The Hall–Kier alpha value is -3.65. The lowest BCUT2D eigenvalue weighted by Gasteiger charge is -2.19. The second-order valence-corrected chi connectivity index (χ2v) is 7.38. The summed E-state index contributed by atoms with van der Waals surface area (Å²) < 4.78 is 16.3. The fourth-order valence-corrected chi connectivity index (χ4v) is 3.93. The summed E-state index contributed by atoms with van der Waals surface area (Å²) in [6.07, 6.45) is 1.56. The highest BCUT2D eigenvalue weighted by Gasteiger charge is 2.23. The molecule has 4 aromatic rings. The summed E-state index contributed by atoms with van der Waals surface area (Å²) >= 11 is 1.39. The van der Waals surface area contributed by atoms with Gasteiger partial charge in [0.2, 0.25) is 0 Å². The first-order chi connectivity index (χ1) is 14.6. The van der Waals surface area contributed by atoms with Crippen LogP contribution in [-0.2, 0) is 11.3 Å². The van der Waals surface area contributed by atoms with Gasteiger partial charge < -0.3 is 13.9 Å². The highest BCUT2D eigenvalue weighted by molar-refractivity contribution is 7.22. The van der Waals surface area contributed by atoms with Crippen LogP contribution in [0.5, 0.6) is 5.75 Å². The fraction of sp³-hybridized carbons (Fsp3) is 0.136. The molecule has 1 amide bonds. The number of amides is 1. The average Bonchev–Trinajstić information content (AvgIpc) is 3.45. The molecule has 0 fully saturated rings. The minimum Gasteiger partial charge on any atom is -0.497 e. The minimum atomic E-state index is -0.457. The molecule has 0 aliphatic rings. The second kappa shape index (κ2) is 8.38. The summed E-state index contributed by atoms with van der Waals surface area (Å²) in [5, 5.41) is 0.539. The van der Waals surface area contributed by atoms with Gasteiger partial charge in [-0.2, -0.15) is 0 Å². The number of methoxy groups -OCH3 is 2. The van der Waals surface area contributed by atoms with Gasteiger partial charge in [-0.3, -0.25) is 9.69 Å². The highest BCUT2D eigenvalue weighted by atomic mass is 32.1. The van der Waals surface area contributed by atoms with Crippen LogP contribution in [0.4, 0.5) is 5.13 Å². The predicted molar refractivity (Wildman–Crippen MR) is 113 cm³/mol. The van der Waals surface area contributed by atoms with E-state index in [-0.39, 0.29) is 12.5 Å². The van der Waals surface area contributed by atoms with Crippen molar-refractivity contribution in [1.82, 2.24) is 4.98 Å². The largest absolute Gasteiger partial charge is 0.497 e. The van der Waals surface area contributed by atoms with Crippen LogP contribution in [-0.4, -0.2) is 31.1 Å². The molecule has 2 heterocycles. The molecular formula is C22H18N2O5S. The molecule has 0 aliphatic carbocycles. The third-order valence-corrected chi connectivity index (χ3v) is 5.55. The molecule has 0 spiro atoms. The van der Waals surface area contributed by atoms with Gasteiger partial charge in [0.05, 0.1) is 42.8 Å². The number of anilines is 1. The van der Waals surface area contributed by atoms with Gasteiger partial charge in [0, 0.05) is 5.56 Å². The van der Waals surface area contributed by atoms with Crippen LogP contribution < -0.4 is 9.64 Å². The molecule has 0 saturated carbocycles. The summed E-state index contributed by atoms with van der Waals surface area (Å²) in [7, 11) is 2.92. The number of nitrogens with zero attached hydrogens (tertiary/aromatic N) is 2. The summed E-state index contributed by atoms with van der Waals surface area (Å²) in [6, 6.07) is 15.5. The van der Waals surface area contributed by atoms with Crippen molar-refractivity contribution >= 4 is 38.6 Å². The first kappa shape index (κ1) is 19.7. The molecule has 152 valence electrons. The van der Waals surface area contributed by atoms with Crippen LogP contribution in [0.2, 0.25) is 0 Å². The van der Waals surface area contributed by atoms with Gasteiger partial charge in [-0.05, 0) is 54.6 Å². The zero-order chi connectivity index (χ0) is 21.1. The average molecular weight is 422 g/mol. The van der Waals surface area contributed by atoms with Crippen molar-refractivity contribution in [3.63, 3.8) is 0 Å². The molecule has 30 heavy (non-hydrogen) atoms. The smallest absolute Gasteiger partial charge is 0.337 e. The van der Waals surface area contributed by atoms with Crippen LogP contribution in [0.15, 0.2) is 65.3 Å². The van der Waals surface area contributed by atoms with Crippen molar-refractivity contribution in [1.29, 1.82) is 0 Å². The third-order valence-electron chi connectivity index (χ3n) is 4.51. The van der Waals surface area contributed by atoms with Crippen molar-refractivity contribution in [3.8, 4) is 5.75 Å². The minimum absolute atomic E-state index is 0.224. The number of carbonyl (C=O) groups excluding carboxylic acids is 2. The van der Waals surface area contributed by atoms with Gasteiger partial charge in [-0.25, -0.2) is 9.78 Å². The Labute approximate surface area is 176 Å². The Balaban J connectivity index is 1.71. The van der Waals surface area contributed by atoms with Gasteiger partial charge in [-0.15, -0.1) is 0 Å². The van der Waals surface area contributed by atoms with E-state index in [0.717, 1.165) is 16.0 Å². The molecule has 2 aromatic carbocycles. The van der Waals surface area contributed by atoms with Crippen LogP contribution in [0.3, 0.4) is 0 Å². The lowest BCUT2D eigenvalue weighted by molar-refractivity contribution is 0.0600. The molecule has 4 rings (SSSR count). The van der Waals surface area contributed by atoms with E-state index in [1.54, 1.807) is 54.7 Å². The molecular weight excluding hydrogens is 404 g/mol. The Bertz CT molecular complexity index is 1180. The maximum atomic E-state index is 13.3. The molecule has 2 aromatic heterocycles. The third kappa shape index (κ3) is 3.90. The van der Waals surface area contributed by atoms with Gasteiger partial charge in [0.15, 0.2) is 5.13 Å². The number of hydrogen-bond donors (Lipinski definition) is 0. The summed E-state index contributed by atoms with van der Waals surface area (Å²) in [5.74, 6) is 0.641. The normalized spacial score (nSPS) is 10.7. The standard InChI is InChI=1S/C22H18N2O5S/c1-27-16-9-10-18-19(12-16)30-22(23-18)24(13-17-4-3-11-29-17)20(25)14-5-7-15(8-6-14)21(26)28-2/h3-12H,13H2,1-2H3. The molecule has 0 bridgehead atoms. The number of hydrogen-bond acceptors (Lipinski definition) is 7. The number of ether oxygens (including phenoxy) is 2. The summed E-state index contributed by atoms with van der Waals surface area (Å²) in [4.78, 5) is 31.2. The molecule has 0 radical (unpaired) electrons. The van der Waals surface area contributed by atoms with Crippen molar-refractivity contribution in [2.24, 2.45) is 0 Å². The summed E-state index contributed by atoms with van der Waals surface area (Å²) in [6.45, 7) is 0.224. The fourth-order valence-electron chi connectivity index (χ4n) is 2.94. The van der Waals surface area contributed by atoms with Crippen LogP contribution >= 0.6 is 11.3 Å². The number of thiazole rings is 1. The zero-order valence-electron chi connectivity index (χ0n) is 16.3. The van der Waals surface area contributed by atoms with Gasteiger partial charge in [0.25, 0.3) is 5.91 Å². The van der Waals surface area contributed by atoms with E-state index in [0.29, 0.717) is 22.0 Å². The van der Waals surface area contributed by atoms with E-state index < -0.39 is 5.97 Å². The molecule has 0 aliphatic heterocycles. The van der Waals surface area contributed by atoms with Crippen molar-refractivity contribution in [2.45, 2.75) is 6.54 Å². The van der Waals surface area contributed by atoms with E-state index in [9.17, 15) is 9.59 Å². The molecule has 8 heteroatoms. The summed E-state index contributed by atoms with van der Waals surface area (Å²) in [5.41, 5.74) is 1.57. The van der Waals surface area contributed by atoms with Crippen LogP contribution in [0.1, 0.15) is 26.5 Å². The van der Waals surface area contributed by atoms with E-state index in [1.165, 1.54) is 18.4 Å². The van der Waals surface area contributed by atoms with E-state index in [2.05, 4.69) is 4.98 Å². The first-order valence-corrected chi connectivity index (χ1v) is 9.88. The van der Waals surface area contributed by atoms with Gasteiger partial charge >= 0.3 is 5.97 Å². The van der Waals surface area contributed by atoms with E-state index >= 15 is 0 Å². The maximum absolute atomic E-state index is 13.3. The Morgan fingerprint density at radius 3 is 2.50 bits per heavy atom. The van der Waals surface area contributed by atoms with E-state index in [4.69, 9.17) is 13.9 Å². The van der Waals surface area contributed by atoms with Crippen LogP contribution in [0, 0.1) is 0 Å². The Kier molecular flexibility index (Phi) is 5.49. The number of rotatable bonds is 6. The topological polar surface area (TPSA) is 81.9 Å². The van der Waals surface area contributed by atoms with Crippen molar-refractivity contribution in [3.05, 3.63) is 77.7 Å². The van der Waals surface area contributed by atoms with Crippen LogP contribution in [0.25, 0.3) is 10.2 Å². The van der Waals surface area contributed by atoms with Gasteiger partial charge in [-0.1, -0.05) is 11.3 Å². The van der Waals surface area contributed by atoms with Crippen molar-refractivity contribution in [2.75, 3.05) is 19.1 Å². The second-order valence-electron chi connectivity index (χ2n) is 6.37. The number of aromatic nitrogens is 1.